The Morgan fingerprint density at radius 2 is 1.83 bits per heavy atom. The van der Waals surface area contributed by atoms with Crippen LogP contribution in [0.2, 0.25) is 0 Å². The topological polar surface area (TPSA) is 91.6 Å². The minimum atomic E-state index is -0.806. The maximum absolute atomic E-state index is 12.6. The number of anilines is 1. The summed E-state index contributed by atoms with van der Waals surface area (Å²) in [4.78, 5) is 37.4. The van der Waals surface area contributed by atoms with Gasteiger partial charge in [0.2, 0.25) is 5.91 Å². The molecular formula is C21H21N3O5. The van der Waals surface area contributed by atoms with Crippen LogP contribution in [0.5, 0.6) is 11.5 Å². The van der Waals surface area contributed by atoms with E-state index in [0.717, 1.165) is 4.57 Å². The molecular weight excluding hydrogens is 374 g/mol. The molecule has 0 aliphatic rings. The van der Waals surface area contributed by atoms with Crippen LogP contribution in [-0.4, -0.2) is 28.8 Å². The van der Waals surface area contributed by atoms with Gasteiger partial charge in [0.1, 0.15) is 18.0 Å². The van der Waals surface area contributed by atoms with Crippen molar-refractivity contribution in [2.75, 3.05) is 19.0 Å². The van der Waals surface area contributed by atoms with E-state index in [4.69, 9.17) is 9.47 Å². The number of ether oxygens (including phenoxy) is 2. The van der Waals surface area contributed by atoms with Crippen molar-refractivity contribution in [3.63, 3.8) is 0 Å². The van der Waals surface area contributed by atoms with Crippen molar-refractivity contribution in [3.8, 4) is 17.2 Å². The minimum Gasteiger partial charge on any atom is -0.497 e. The molecule has 8 nitrogen and oxygen atoms in total. The molecule has 3 aromatic rings. The van der Waals surface area contributed by atoms with Gasteiger partial charge in [-0.05, 0) is 31.2 Å². The largest absolute Gasteiger partial charge is 0.497 e. The van der Waals surface area contributed by atoms with Crippen LogP contribution in [0, 0.1) is 0 Å². The Morgan fingerprint density at radius 3 is 2.59 bits per heavy atom. The Balaban J connectivity index is 1.84. The summed E-state index contributed by atoms with van der Waals surface area (Å²) in [5.41, 5.74) is -0.584. The molecule has 150 valence electrons. The maximum Gasteiger partial charge on any atom is 0.321 e. The number of hydrogen-bond acceptors (Lipinski definition) is 5. The van der Waals surface area contributed by atoms with Crippen LogP contribution in [0.15, 0.2) is 70.5 Å². The van der Waals surface area contributed by atoms with Gasteiger partial charge in [-0.1, -0.05) is 18.2 Å². The van der Waals surface area contributed by atoms with Gasteiger partial charge in [0.15, 0.2) is 0 Å². The zero-order valence-corrected chi connectivity index (χ0v) is 16.1. The van der Waals surface area contributed by atoms with E-state index in [-0.39, 0.29) is 6.54 Å². The first kappa shape index (κ1) is 19.9. The first-order chi connectivity index (χ1) is 14.0. The third kappa shape index (κ3) is 4.55. The van der Waals surface area contributed by atoms with Crippen LogP contribution in [-0.2, 0) is 11.3 Å². The number of para-hydroxylation sites is 2. The third-order valence-electron chi connectivity index (χ3n) is 4.15. The Morgan fingerprint density at radius 1 is 1.03 bits per heavy atom. The third-order valence-corrected chi connectivity index (χ3v) is 4.15. The highest BCUT2D eigenvalue weighted by atomic mass is 16.5. The molecule has 0 aliphatic carbocycles. The van der Waals surface area contributed by atoms with E-state index in [1.54, 1.807) is 48.5 Å². The van der Waals surface area contributed by atoms with Crippen LogP contribution in [0.25, 0.3) is 5.69 Å². The molecule has 1 amide bonds. The molecule has 0 saturated heterocycles. The van der Waals surface area contributed by atoms with Crippen molar-refractivity contribution in [1.82, 2.24) is 9.13 Å². The number of rotatable bonds is 7. The fraction of sp³-hybridized carbons (Fsp3) is 0.190. The van der Waals surface area contributed by atoms with Gasteiger partial charge < -0.3 is 14.8 Å². The number of aromatic nitrogens is 2. The molecule has 8 heteroatoms. The van der Waals surface area contributed by atoms with E-state index in [2.05, 4.69) is 5.32 Å². The van der Waals surface area contributed by atoms with E-state index in [0.29, 0.717) is 29.5 Å². The number of benzene rings is 2. The van der Waals surface area contributed by atoms with Gasteiger partial charge in [-0.3, -0.25) is 23.5 Å². The Labute approximate surface area is 166 Å². The van der Waals surface area contributed by atoms with Crippen molar-refractivity contribution in [1.29, 1.82) is 0 Å². The van der Waals surface area contributed by atoms with E-state index in [9.17, 15) is 14.4 Å². The number of hydrogen-bond donors (Lipinski definition) is 1. The van der Waals surface area contributed by atoms with E-state index in [1.807, 2.05) is 6.92 Å². The number of nitrogens with one attached hydrogen (secondary N) is 1. The zero-order chi connectivity index (χ0) is 20.8. The summed E-state index contributed by atoms with van der Waals surface area (Å²) in [6.45, 7) is 1.96. The molecule has 2 aromatic carbocycles. The molecule has 0 fully saturated rings. The van der Waals surface area contributed by atoms with Gasteiger partial charge in [0, 0.05) is 24.1 Å². The lowest BCUT2D eigenvalue weighted by Gasteiger charge is -2.13. The molecule has 0 aliphatic heterocycles. The fourth-order valence-electron chi connectivity index (χ4n) is 2.81. The highest BCUT2D eigenvalue weighted by Gasteiger charge is 2.13. The van der Waals surface area contributed by atoms with Crippen molar-refractivity contribution < 1.29 is 14.3 Å². The summed E-state index contributed by atoms with van der Waals surface area (Å²) in [7, 11) is 1.53. The minimum absolute atomic E-state index is 0.292. The molecule has 0 radical (unpaired) electrons. The lowest BCUT2D eigenvalue weighted by Crippen LogP contribution is -2.41. The van der Waals surface area contributed by atoms with Crippen molar-refractivity contribution in [3.05, 3.63) is 81.6 Å². The zero-order valence-electron chi connectivity index (χ0n) is 16.1. The average molecular weight is 395 g/mol. The first-order valence-electron chi connectivity index (χ1n) is 9.01. The molecule has 0 bridgehead atoms. The lowest BCUT2D eigenvalue weighted by molar-refractivity contribution is -0.116. The summed E-state index contributed by atoms with van der Waals surface area (Å²) < 4.78 is 12.9. The summed E-state index contributed by atoms with van der Waals surface area (Å²) in [6, 6.07) is 13.8. The van der Waals surface area contributed by atoms with E-state index >= 15 is 0 Å². The molecule has 1 N–H and O–H groups in total. The van der Waals surface area contributed by atoms with Crippen LogP contribution in [0.4, 0.5) is 5.69 Å². The number of carbonyl (C=O) groups is 1. The smallest absolute Gasteiger partial charge is 0.321 e. The van der Waals surface area contributed by atoms with Crippen LogP contribution in [0.3, 0.4) is 0 Å². The highest BCUT2D eigenvalue weighted by molar-refractivity contribution is 5.90. The van der Waals surface area contributed by atoms with Crippen LogP contribution < -0.4 is 25.9 Å². The average Bonchev–Trinajstić information content (AvgIpc) is 2.72. The second-order valence-corrected chi connectivity index (χ2v) is 6.09. The Hall–Kier alpha value is -3.81. The molecule has 0 atom stereocenters. The van der Waals surface area contributed by atoms with E-state index in [1.165, 1.54) is 24.1 Å². The van der Waals surface area contributed by atoms with Gasteiger partial charge >= 0.3 is 11.1 Å². The van der Waals surface area contributed by atoms with Crippen molar-refractivity contribution in [2.45, 2.75) is 13.5 Å². The van der Waals surface area contributed by atoms with Gasteiger partial charge in [-0.25, -0.2) is 0 Å². The standard InChI is InChI=1S/C21H21N3O5/c1-3-29-18-10-5-4-9-17(18)24-12-11-23(20(26)21(24)27)14-19(25)22-15-7-6-8-16(13-15)28-2/h4-13H,3,14H2,1-2H3,(H,22,25). The summed E-state index contributed by atoms with van der Waals surface area (Å²) in [6.07, 6.45) is 2.85. The monoisotopic (exact) mass is 395 g/mol. The molecule has 0 spiro atoms. The molecule has 29 heavy (non-hydrogen) atoms. The molecule has 3 rings (SSSR count). The van der Waals surface area contributed by atoms with Crippen molar-refractivity contribution in [2.24, 2.45) is 0 Å². The fourth-order valence-corrected chi connectivity index (χ4v) is 2.81. The molecule has 1 aromatic heterocycles. The second kappa shape index (κ2) is 8.92. The van der Waals surface area contributed by atoms with Crippen LogP contribution >= 0.6 is 0 Å². The maximum atomic E-state index is 12.6. The number of methoxy groups -OCH3 is 1. The summed E-state index contributed by atoms with van der Waals surface area (Å²) in [5.74, 6) is 0.646. The SMILES string of the molecule is CCOc1ccccc1-n1ccn(CC(=O)Nc2cccc(OC)c2)c(=O)c1=O. The summed E-state index contributed by atoms with van der Waals surface area (Å²) >= 11 is 0. The van der Waals surface area contributed by atoms with Gasteiger partial charge in [-0.15, -0.1) is 0 Å². The number of nitrogens with zero attached hydrogens (tertiary/aromatic N) is 2. The van der Waals surface area contributed by atoms with Gasteiger partial charge in [0.25, 0.3) is 0 Å². The Bertz CT molecular complexity index is 1130. The predicted octanol–water partition coefficient (Wildman–Crippen LogP) is 2.05. The van der Waals surface area contributed by atoms with Gasteiger partial charge in [0.05, 0.1) is 19.4 Å². The van der Waals surface area contributed by atoms with Crippen LogP contribution in [0.1, 0.15) is 6.92 Å². The quantitative estimate of drug-likeness (QED) is 0.618. The highest BCUT2D eigenvalue weighted by Crippen LogP contribution is 2.20. The molecule has 0 unspecified atom stereocenters. The molecule has 0 saturated carbocycles. The van der Waals surface area contributed by atoms with Gasteiger partial charge in [-0.2, -0.15) is 0 Å². The number of carbonyl (C=O) groups excluding carboxylic acids is 1. The lowest BCUT2D eigenvalue weighted by atomic mass is 10.3. The second-order valence-electron chi connectivity index (χ2n) is 6.09. The normalized spacial score (nSPS) is 10.4. The van der Waals surface area contributed by atoms with E-state index < -0.39 is 17.0 Å². The number of amides is 1. The molecule has 1 heterocycles. The predicted molar refractivity (Wildman–Crippen MR) is 109 cm³/mol. The first-order valence-corrected chi connectivity index (χ1v) is 9.01. The summed E-state index contributed by atoms with van der Waals surface area (Å²) in [5, 5.41) is 2.68. The van der Waals surface area contributed by atoms with Crippen molar-refractivity contribution >= 4 is 11.6 Å². The Kier molecular flexibility index (Phi) is 6.13.